The highest BCUT2D eigenvalue weighted by Crippen LogP contribution is 2.66. The molecule has 0 aromatic heterocycles. The Morgan fingerprint density at radius 2 is 2.05 bits per heavy atom. The molecule has 0 radical (unpaired) electrons. The van der Waals surface area contributed by atoms with E-state index < -0.39 is 5.60 Å². The summed E-state index contributed by atoms with van der Waals surface area (Å²) in [5.41, 5.74) is -0.144. The molecule has 1 aromatic carbocycles. The Labute approximate surface area is 113 Å². The fraction of sp³-hybridized carbons (Fsp3) is 0.562. The Balaban J connectivity index is 1.81. The molecule has 102 valence electrons. The smallest absolute Gasteiger partial charge is 0.346 e. The van der Waals surface area contributed by atoms with Gasteiger partial charge < -0.3 is 9.47 Å². The van der Waals surface area contributed by atoms with Gasteiger partial charge in [-0.05, 0) is 31.2 Å². The third kappa shape index (κ3) is 1.79. The minimum atomic E-state index is -0.819. The number of ether oxygens (including phenoxy) is 2. The van der Waals surface area contributed by atoms with Gasteiger partial charge in [0.25, 0.3) is 0 Å². The maximum Gasteiger partial charge on any atom is 0.346 e. The quantitative estimate of drug-likeness (QED) is 0.463. The molecule has 3 nitrogen and oxygen atoms in total. The van der Waals surface area contributed by atoms with Crippen LogP contribution >= 0.6 is 0 Å². The molecular formula is C16H20O3. The summed E-state index contributed by atoms with van der Waals surface area (Å²) in [6.45, 7) is 2.57. The molecule has 0 bridgehead atoms. The average molecular weight is 260 g/mol. The van der Waals surface area contributed by atoms with Crippen LogP contribution in [0, 0.1) is 0 Å². The molecule has 2 aliphatic rings. The third-order valence-corrected chi connectivity index (χ3v) is 4.31. The zero-order chi connectivity index (χ0) is 13.3. The monoisotopic (exact) mass is 260 g/mol. The Hall–Kier alpha value is -1.35. The van der Waals surface area contributed by atoms with Crippen LogP contribution in [-0.4, -0.2) is 18.2 Å². The summed E-state index contributed by atoms with van der Waals surface area (Å²) < 4.78 is 11.4. The highest BCUT2D eigenvalue weighted by Gasteiger charge is 2.78. The first-order valence-corrected chi connectivity index (χ1v) is 7.18. The second kappa shape index (κ2) is 4.64. The molecule has 3 rings (SSSR count). The molecule has 1 atom stereocenters. The van der Waals surface area contributed by atoms with Crippen LogP contribution in [0.3, 0.4) is 0 Å². The van der Waals surface area contributed by atoms with E-state index in [1.807, 2.05) is 30.3 Å². The number of hydrogen-bond donors (Lipinski definition) is 0. The minimum Gasteiger partial charge on any atom is -0.463 e. The second-order valence-electron chi connectivity index (χ2n) is 5.49. The molecule has 1 unspecified atom stereocenters. The summed E-state index contributed by atoms with van der Waals surface area (Å²) in [6, 6.07) is 9.78. The number of epoxide rings is 1. The van der Waals surface area contributed by atoms with Gasteiger partial charge >= 0.3 is 5.97 Å². The molecule has 0 N–H and O–H groups in total. The largest absolute Gasteiger partial charge is 0.463 e. The summed E-state index contributed by atoms with van der Waals surface area (Å²) in [5.74, 6) is -0.202. The van der Waals surface area contributed by atoms with Crippen LogP contribution in [-0.2, 0) is 19.9 Å². The van der Waals surface area contributed by atoms with Crippen molar-refractivity contribution in [2.45, 2.75) is 50.2 Å². The van der Waals surface area contributed by atoms with Crippen LogP contribution in [0.5, 0.6) is 0 Å². The number of carbonyl (C=O) groups excluding carboxylic acids is 1. The van der Waals surface area contributed by atoms with Crippen molar-refractivity contribution in [2.24, 2.45) is 0 Å². The van der Waals surface area contributed by atoms with Gasteiger partial charge in [-0.2, -0.15) is 0 Å². The van der Waals surface area contributed by atoms with Gasteiger partial charge in [0, 0.05) is 0 Å². The molecule has 1 aromatic rings. The number of unbranched alkanes of at least 4 members (excludes halogenated alkanes) is 1. The first-order valence-electron chi connectivity index (χ1n) is 7.18. The lowest BCUT2D eigenvalue weighted by Gasteiger charge is -2.26. The summed E-state index contributed by atoms with van der Waals surface area (Å²) in [7, 11) is 0. The standard InChI is InChI=1S/C16H20O3/c1-2-3-12-18-14(17)16(13-8-5-4-6-9-13)15(19-16)10-7-11-15/h4-6,8-9H,2-3,7,10-12H2,1H3. The third-order valence-electron chi connectivity index (χ3n) is 4.31. The van der Waals surface area contributed by atoms with E-state index >= 15 is 0 Å². The molecule has 19 heavy (non-hydrogen) atoms. The lowest BCUT2D eigenvalue weighted by Crippen LogP contribution is -2.38. The molecule has 0 amide bonds. The molecule has 1 saturated heterocycles. The minimum absolute atomic E-state index is 0.202. The van der Waals surface area contributed by atoms with Gasteiger partial charge in [-0.25, -0.2) is 4.79 Å². The van der Waals surface area contributed by atoms with E-state index in [-0.39, 0.29) is 11.6 Å². The summed E-state index contributed by atoms with van der Waals surface area (Å²) in [6.07, 6.45) is 4.99. The van der Waals surface area contributed by atoms with Crippen LogP contribution in [0.25, 0.3) is 0 Å². The average Bonchev–Trinajstić information content (AvgIpc) is 3.12. The fourth-order valence-electron chi connectivity index (χ4n) is 2.97. The first-order chi connectivity index (χ1) is 9.25. The Bertz CT molecular complexity index is 464. The van der Waals surface area contributed by atoms with Crippen LogP contribution < -0.4 is 0 Å². The van der Waals surface area contributed by atoms with Crippen molar-refractivity contribution in [3.63, 3.8) is 0 Å². The van der Waals surface area contributed by atoms with Gasteiger partial charge in [-0.15, -0.1) is 0 Å². The predicted octanol–water partition coefficient (Wildman–Crippen LogP) is 3.18. The topological polar surface area (TPSA) is 38.8 Å². The SMILES string of the molecule is CCCCOC(=O)C1(c2ccccc2)OC12CCC2. The van der Waals surface area contributed by atoms with E-state index in [0.717, 1.165) is 37.7 Å². The van der Waals surface area contributed by atoms with Crippen molar-refractivity contribution in [3.05, 3.63) is 35.9 Å². The molecule has 2 fully saturated rings. The van der Waals surface area contributed by atoms with Gasteiger partial charge in [0.1, 0.15) is 5.60 Å². The Kier molecular flexibility index (Phi) is 3.09. The van der Waals surface area contributed by atoms with E-state index in [1.165, 1.54) is 0 Å². The van der Waals surface area contributed by atoms with Gasteiger partial charge in [0.05, 0.1) is 6.61 Å². The zero-order valence-corrected chi connectivity index (χ0v) is 11.4. The molecular weight excluding hydrogens is 240 g/mol. The van der Waals surface area contributed by atoms with Crippen LogP contribution in [0.2, 0.25) is 0 Å². The van der Waals surface area contributed by atoms with Crippen molar-refractivity contribution < 1.29 is 14.3 Å². The lowest BCUT2D eigenvalue weighted by molar-refractivity contribution is -0.150. The van der Waals surface area contributed by atoms with Crippen molar-refractivity contribution in [1.82, 2.24) is 0 Å². The maximum absolute atomic E-state index is 12.5. The highest BCUT2D eigenvalue weighted by atomic mass is 16.7. The molecule has 1 saturated carbocycles. The number of benzene rings is 1. The molecule has 1 aliphatic heterocycles. The zero-order valence-electron chi connectivity index (χ0n) is 11.4. The first kappa shape index (κ1) is 12.7. The van der Waals surface area contributed by atoms with Crippen LogP contribution in [0.15, 0.2) is 30.3 Å². The molecule has 1 spiro atoms. The Morgan fingerprint density at radius 3 is 2.58 bits per heavy atom. The van der Waals surface area contributed by atoms with Crippen molar-refractivity contribution in [1.29, 1.82) is 0 Å². The van der Waals surface area contributed by atoms with Gasteiger partial charge in [0.2, 0.25) is 5.60 Å². The number of carbonyl (C=O) groups is 1. The Morgan fingerprint density at radius 1 is 1.32 bits per heavy atom. The number of esters is 1. The molecule has 1 aliphatic carbocycles. The fourth-order valence-corrected chi connectivity index (χ4v) is 2.97. The maximum atomic E-state index is 12.5. The van der Waals surface area contributed by atoms with Gasteiger partial charge in [0.15, 0.2) is 0 Å². The highest BCUT2D eigenvalue weighted by molar-refractivity contribution is 5.87. The van der Waals surface area contributed by atoms with E-state index in [2.05, 4.69) is 6.92 Å². The van der Waals surface area contributed by atoms with Crippen molar-refractivity contribution in [2.75, 3.05) is 6.61 Å². The van der Waals surface area contributed by atoms with Crippen LogP contribution in [0.1, 0.15) is 44.6 Å². The molecule has 3 heteroatoms. The van der Waals surface area contributed by atoms with Gasteiger partial charge in [-0.3, -0.25) is 0 Å². The van der Waals surface area contributed by atoms with Crippen molar-refractivity contribution >= 4 is 5.97 Å². The van der Waals surface area contributed by atoms with E-state index in [9.17, 15) is 4.79 Å². The second-order valence-corrected chi connectivity index (χ2v) is 5.49. The normalized spacial score (nSPS) is 26.8. The van der Waals surface area contributed by atoms with E-state index in [0.29, 0.717) is 6.61 Å². The summed E-state index contributed by atoms with van der Waals surface area (Å²) in [5, 5.41) is 0. The summed E-state index contributed by atoms with van der Waals surface area (Å²) in [4.78, 5) is 12.5. The van der Waals surface area contributed by atoms with Crippen LogP contribution in [0.4, 0.5) is 0 Å². The lowest BCUT2D eigenvalue weighted by atomic mass is 9.73. The molecule has 1 heterocycles. The summed E-state index contributed by atoms with van der Waals surface area (Å²) >= 11 is 0. The number of hydrogen-bond acceptors (Lipinski definition) is 3. The van der Waals surface area contributed by atoms with E-state index in [4.69, 9.17) is 9.47 Å². The van der Waals surface area contributed by atoms with Crippen molar-refractivity contribution in [3.8, 4) is 0 Å². The van der Waals surface area contributed by atoms with E-state index in [1.54, 1.807) is 0 Å². The van der Waals surface area contributed by atoms with Gasteiger partial charge in [-0.1, -0.05) is 43.7 Å². The number of rotatable bonds is 5. The predicted molar refractivity (Wildman–Crippen MR) is 71.7 cm³/mol.